The number of carbonyl (C=O) groups excluding carboxylic acids is 1. The summed E-state index contributed by atoms with van der Waals surface area (Å²) in [6.45, 7) is 4.87. The van der Waals surface area contributed by atoms with Crippen LogP contribution in [0.25, 0.3) is 0 Å². The van der Waals surface area contributed by atoms with Crippen LogP contribution in [-0.2, 0) is 11.2 Å². The third-order valence-corrected chi connectivity index (χ3v) is 4.84. The fourth-order valence-electron chi connectivity index (χ4n) is 2.72. The van der Waals surface area contributed by atoms with Gasteiger partial charge in [-0.3, -0.25) is 9.69 Å². The van der Waals surface area contributed by atoms with Crippen LogP contribution in [0.3, 0.4) is 0 Å². The summed E-state index contributed by atoms with van der Waals surface area (Å²) in [5.41, 5.74) is 1.25. The van der Waals surface area contributed by atoms with Crippen molar-refractivity contribution in [3.63, 3.8) is 0 Å². The minimum atomic E-state index is 0.114. The highest BCUT2D eigenvalue weighted by Gasteiger charge is 2.20. The fraction of sp³-hybridized carbons (Fsp3) is 0.412. The molecule has 2 heterocycles. The zero-order valence-electron chi connectivity index (χ0n) is 13.1. The van der Waals surface area contributed by atoms with Gasteiger partial charge in [-0.05, 0) is 12.0 Å². The highest BCUT2D eigenvalue weighted by molar-refractivity contribution is 7.13. The van der Waals surface area contributed by atoms with Crippen molar-refractivity contribution in [2.24, 2.45) is 0 Å². The Morgan fingerprint density at radius 1 is 1.17 bits per heavy atom. The fourth-order valence-corrected chi connectivity index (χ4v) is 3.42. The van der Waals surface area contributed by atoms with Crippen molar-refractivity contribution in [3.05, 3.63) is 47.5 Å². The first kappa shape index (κ1) is 16.0. The van der Waals surface area contributed by atoms with Crippen molar-refractivity contribution in [3.8, 4) is 0 Å². The maximum atomic E-state index is 12.0. The van der Waals surface area contributed by atoms with Gasteiger partial charge in [0, 0.05) is 44.3 Å². The van der Waals surface area contributed by atoms with Gasteiger partial charge in [0.15, 0.2) is 5.13 Å². The lowest BCUT2D eigenvalue weighted by Gasteiger charge is -2.34. The molecule has 0 spiro atoms. The Morgan fingerprint density at radius 2 is 1.96 bits per heavy atom. The van der Waals surface area contributed by atoms with Crippen LogP contribution in [0.2, 0.25) is 0 Å². The van der Waals surface area contributed by atoms with Crippen molar-refractivity contribution in [1.82, 2.24) is 15.2 Å². The first-order chi connectivity index (χ1) is 11.3. The number of nitrogens with one attached hydrogen (secondary N) is 1. The molecule has 0 saturated carbocycles. The predicted octanol–water partition coefficient (Wildman–Crippen LogP) is 1.62. The molecule has 3 rings (SSSR count). The molecule has 0 bridgehead atoms. The minimum Gasteiger partial charge on any atom is -0.355 e. The molecule has 122 valence electrons. The second-order valence-electron chi connectivity index (χ2n) is 5.66. The number of hydrogen-bond acceptors (Lipinski definition) is 5. The number of carbonyl (C=O) groups is 1. The number of rotatable bonds is 6. The molecule has 1 aliphatic rings. The maximum Gasteiger partial charge on any atom is 0.234 e. The second kappa shape index (κ2) is 8.08. The van der Waals surface area contributed by atoms with E-state index in [0.29, 0.717) is 13.1 Å². The van der Waals surface area contributed by atoms with Crippen LogP contribution in [0.1, 0.15) is 5.56 Å². The van der Waals surface area contributed by atoms with E-state index in [1.54, 1.807) is 11.3 Å². The summed E-state index contributed by atoms with van der Waals surface area (Å²) >= 11 is 1.67. The molecule has 1 aromatic carbocycles. The highest BCUT2D eigenvalue weighted by atomic mass is 32.1. The topological polar surface area (TPSA) is 48.5 Å². The molecule has 1 saturated heterocycles. The Kier molecular flexibility index (Phi) is 5.60. The largest absolute Gasteiger partial charge is 0.355 e. The molecular formula is C17H22N4OS. The average molecular weight is 330 g/mol. The van der Waals surface area contributed by atoms with Crippen molar-refractivity contribution in [2.75, 3.05) is 44.2 Å². The van der Waals surface area contributed by atoms with E-state index in [-0.39, 0.29) is 5.91 Å². The molecule has 6 heteroatoms. The van der Waals surface area contributed by atoms with Gasteiger partial charge in [-0.25, -0.2) is 4.98 Å². The van der Waals surface area contributed by atoms with Gasteiger partial charge in [-0.15, -0.1) is 11.3 Å². The summed E-state index contributed by atoms with van der Waals surface area (Å²) in [6, 6.07) is 10.2. The number of benzene rings is 1. The molecule has 0 aliphatic carbocycles. The highest BCUT2D eigenvalue weighted by Crippen LogP contribution is 2.18. The monoisotopic (exact) mass is 330 g/mol. The van der Waals surface area contributed by atoms with Crippen LogP contribution in [0.4, 0.5) is 5.13 Å². The lowest BCUT2D eigenvalue weighted by molar-refractivity contribution is -0.122. The second-order valence-corrected chi connectivity index (χ2v) is 6.54. The van der Waals surface area contributed by atoms with E-state index in [0.717, 1.165) is 37.7 Å². The van der Waals surface area contributed by atoms with E-state index in [1.165, 1.54) is 5.56 Å². The maximum absolute atomic E-state index is 12.0. The van der Waals surface area contributed by atoms with Crippen LogP contribution in [-0.4, -0.2) is 55.1 Å². The molecular weight excluding hydrogens is 308 g/mol. The lowest BCUT2D eigenvalue weighted by atomic mass is 10.1. The van der Waals surface area contributed by atoms with Crippen molar-refractivity contribution >= 4 is 22.4 Å². The zero-order valence-corrected chi connectivity index (χ0v) is 14.0. The Hall–Kier alpha value is -1.92. The van der Waals surface area contributed by atoms with Gasteiger partial charge >= 0.3 is 0 Å². The Bertz CT molecular complexity index is 594. The van der Waals surface area contributed by atoms with Gasteiger partial charge in [0.25, 0.3) is 0 Å². The molecule has 1 fully saturated rings. The average Bonchev–Trinajstić information content (AvgIpc) is 3.11. The van der Waals surface area contributed by atoms with Crippen molar-refractivity contribution in [1.29, 1.82) is 0 Å². The Labute approximate surface area is 140 Å². The molecule has 0 unspecified atom stereocenters. The van der Waals surface area contributed by atoms with E-state index in [1.807, 2.05) is 29.8 Å². The van der Waals surface area contributed by atoms with E-state index < -0.39 is 0 Å². The summed E-state index contributed by atoms with van der Waals surface area (Å²) < 4.78 is 0. The molecule has 23 heavy (non-hydrogen) atoms. The number of amides is 1. The molecule has 2 aromatic rings. The number of hydrogen-bond donors (Lipinski definition) is 1. The van der Waals surface area contributed by atoms with E-state index in [2.05, 4.69) is 32.2 Å². The minimum absolute atomic E-state index is 0.114. The Balaban J connectivity index is 1.34. The predicted molar refractivity (Wildman–Crippen MR) is 93.9 cm³/mol. The number of aromatic nitrogens is 1. The van der Waals surface area contributed by atoms with Crippen LogP contribution >= 0.6 is 11.3 Å². The molecule has 1 amide bonds. The number of piperazine rings is 1. The SMILES string of the molecule is O=C(CN1CCN(c2nccs2)CC1)NCCc1ccccc1. The van der Waals surface area contributed by atoms with Gasteiger partial charge in [0.05, 0.1) is 6.54 Å². The number of nitrogens with zero attached hydrogens (tertiary/aromatic N) is 3. The quantitative estimate of drug-likeness (QED) is 0.874. The van der Waals surface area contributed by atoms with E-state index in [4.69, 9.17) is 0 Å². The summed E-state index contributed by atoms with van der Waals surface area (Å²) in [4.78, 5) is 20.9. The van der Waals surface area contributed by atoms with Crippen LogP contribution in [0.5, 0.6) is 0 Å². The smallest absolute Gasteiger partial charge is 0.234 e. The number of thiazole rings is 1. The zero-order chi connectivity index (χ0) is 15.9. The first-order valence-electron chi connectivity index (χ1n) is 7.99. The summed E-state index contributed by atoms with van der Waals surface area (Å²) in [5, 5.41) is 6.10. The molecule has 0 atom stereocenters. The van der Waals surface area contributed by atoms with Gasteiger partial charge in [-0.1, -0.05) is 30.3 Å². The normalized spacial score (nSPS) is 15.6. The van der Waals surface area contributed by atoms with Crippen LogP contribution in [0, 0.1) is 0 Å². The van der Waals surface area contributed by atoms with Crippen molar-refractivity contribution < 1.29 is 4.79 Å². The van der Waals surface area contributed by atoms with E-state index in [9.17, 15) is 4.79 Å². The summed E-state index contributed by atoms with van der Waals surface area (Å²) in [7, 11) is 0. The third-order valence-electron chi connectivity index (χ3n) is 4.01. The van der Waals surface area contributed by atoms with Crippen LogP contribution in [0.15, 0.2) is 41.9 Å². The van der Waals surface area contributed by atoms with Gasteiger partial charge in [0.1, 0.15) is 0 Å². The standard InChI is InChI=1S/C17H22N4OS/c22-16(18-7-6-15-4-2-1-3-5-15)14-20-9-11-21(12-10-20)17-19-8-13-23-17/h1-5,8,13H,6-7,9-12,14H2,(H,18,22). The molecule has 1 aliphatic heterocycles. The number of anilines is 1. The van der Waals surface area contributed by atoms with Crippen LogP contribution < -0.4 is 10.2 Å². The van der Waals surface area contributed by atoms with Gasteiger partial charge in [0.2, 0.25) is 5.91 Å². The molecule has 1 N–H and O–H groups in total. The van der Waals surface area contributed by atoms with Gasteiger partial charge < -0.3 is 10.2 Å². The third kappa shape index (κ3) is 4.77. The lowest BCUT2D eigenvalue weighted by Crippen LogP contribution is -2.49. The molecule has 1 aromatic heterocycles. The van der Waals surface area contributed by atoms with E-state index >= 15 is 0 Å². The van der Waals surface area contributed by atoms with Crippen molar-refractivity contribution in [2.45, 2.75) is 6.42 Å². The Morgan fingerprint density at radius 3 is 2.65 bits per heavy atom. The summed E-state index contributed by atoms with van der Waals surface area (Å²) in [6.07, 6.45) is 2.72. The first-order valence-corrected chi connectivity index (χ1v) is 8.86. The summed E-state index contributed by atoms with van der Waals surface area (Å²) in [5.74, 6) is 0.114. The van der Waals surface area contributed by atoms with Gasteiger partial charge in [-0.2, -0.15) is 0 Å². The molecule has 5 nitrogen and oxygen atoms in total. The molecule has 0 radical (unpaired) electrons.